The zero-order valence-electron chi connectivity index (χ0n) is 13.4. The standard InChI is InChI=1S/2C10H12O/c1-8-10-5-3-2-4-9(10)6-7-11-8;1-8-6-7-9-4-2-3-5-10(9)11-8/h2*2-5,8H,6-7H2,1H3. The molecule has 22 heavy (non-hydrogen) atoms. The van der Waals surface area contributed by atoms with E-state index in [2.05, 4.69) is 50.2 Å². The highest BCUT2D eigenvalue weighted by molar-refractivity contribution is 5.35. The van der Waals surface area contributed by atoms with Gasteiger partial charge in [0, 0.05) is 0 Å². The Morgan fingerprint density at radius 3 is 2.41 bits per heavy atom. The lowest BCUT2D eigenvalue weighted by molar-refractivity contribution is 0.0555. The van der Waals surface area contributed by atoms with Gasteiger partial charge in [0.1, 0.15) is 5.75 Å². The van der Waals surface area contributed by atoms with Gasteiger partial charge in [-0.05, 0) is 55.9 Å². The van der Waals surface area contributed by atoms with Gasteiger partial charge in [-0.15, -0.1) is 0 Å². The topological polar surface area (TPSA) is 18.5 Å². The number of hydrogen-bond donors (Lipinski definition) is 0. The van der Waals surface area contributed by atoms with E-state index in [0.29, 0.717) is 12.2 Å². The Bertz CT molecular complexity index is 621. The average molecular weight is 296 g/mol. The summed E-state index contributed by atoms with van der Waals surface area (Å²) in [5.41, 5.74) is 4.16. The zero-order chi connectivity index (χ0) is 15.4. The van der Waals surface area contributed by atoms with Crippen molar-refractivity contribution in [2.75, 3.05) is 6.61 Å². The SMILES string of the molecule is CC1CCc2ccccc2O1.CC1OCCc2ccccc21. The molecule has 0 aromatic heterocycles. The summed E-state index contributed by atoms with van der Waals surface area (Å²) in [5, 5.41) is 0. The molecule has 116 valence electrons. The van der Waals surface area contributed by atoms with Crippen molar-refractivity contribution in [2.24, 2.45) is 0 Å². The highest BCUT2D eigenvalue weighted by Gasteiger charge is 2.15. The van der Waals surface area contributed by atoms with Gasteiger partial charge in [0.05, 0.1) is 18.8 Å². The van der Waals surface area contributed by atoms with E-state index in [9.17, 15) is 0 Å². The Labute approximate surface area is 133 Å². The highest BCUT2D eigenvalue weighted by Crippen LogP contribution is 2.26. The van der Waals surface area contributed by atoms with Gasteiger partial charge in [0.15, 0.2) is 0 Å². The summed E-state index contributed by atoms with van der Waals surface area (Å²) < 4.78 is 11.1. The predicted molar refractivity (Wildman–Crippen MR) is 89.4 cm³/mol. The molecule has 2 heterocycles. The summed E-state index contributed by atoms with van der Waals surface area (Å²) in [6.45, 7) is 5.10. The second kappa shape index (κ2) is 6.97. The number of para-hydroxylation sites is 1. The average Bonchev–Trinajstić information content (AvgIpc) is 2.56. The largest absolute Gasteiger partial charge is 0.490 e. The van der Waals surface area contributed by atoms with Crippen molar-refractivity contribution in [3.63, 3.8) is 0 Å². The molecule has 0 saturated heterocycles. The van der Waals surface area contributed by atoms with Gasteiger partial charge >= 0.3 is 0 Å². The lowest BCUT2D eigenvalue weighted by atomic mass is 9.99. The number of benzene rings is 2. The first-order valence-corrected chi connectivity index (χ1v) is 8.18. The molecule has 0 fully saturated rings. The Hall–Kier alpha value is -1.80. The summed E-state index contributed by atoms with van der Waals surface area (Å²) in [5.74, 6) is 1.08. The van der Waals surface area contributed by atoms with Crippen LogP contribution in [0.15, 0.2) is 48.5 Å². The molecule has 2 atom stereocenters. The zero-order valence-corrected chi connectivity index (χ0v) is 13.4. The molecular formula is C20H24O2. The second-order valence-corrected chi connectivity index (χ2v) is 6.04. The molecule has 0 spiro atoms. The molecule has 0 saturated carbocycles. The van der Waals surface area contributed by atoms with Crippen LogP contribution in [0.4, 0.5) is 0 Å². The van der Waals surface area contributed by atoms with E-state index in [1.807, 2.05) is 12.1 Å². The number of aryl methyl sites for hydroxylation is 1. The van der Waals surface area contributed by atoms with Crippen LogP contribution in [0.25, 0.3) is 0 Å². The van der Waals surface area contributed by atoms with Gasteiger partial charge in [-0.25, -0.2) is 0 Å². The Kier molecular flexibility index (Phi) is 4.79. The fourth-order valence-electron chi connectivity index (χ4n) is 3.05. The smallest absolute Gasteiger partial charge is 0.122 e. The van der Waals surface area contributed by atoms with Crippen LogP contribution in [0.5, 0.6) is 5.75 Å². The van der Waals surface area contributed by atoms with E-state index >= 15 is 0 Å². The van der Waals surface area contributed by atoms with Crippen LogP contribution in [-0.4, -0.2) is 12.7 Å². The van der Waals surface area contributed by atoms with Gasteiger partial charge in [0.25, 0.3) is 0 Å². The molecule has 2 aliphatic heterocycles. The van der Waals surface area contributed by atoms with Gasteiger partial charge < -0.3 is 9.47 Å². The lowest BCUT2D eigenvalue weighted by Gasteiger charge is -2.22. The molecule has 2 heteroatoms. The van der Waals surface area contributed by atoms with E-state index in [-0.39, 0.29) is 0 Å². The molecule has 2 unspecified atom stereocenters. The molecule has 2 aromatic rings. The van der Waals surface area contributed by atoms with Crippen molar-refractivity contribution >= 4 is 0 Å². The number of rotatable bonds is 0. The maximum atomic E-state index is 5.63. The van der Waals surface area contributed by atoms with Crippen molar-refractivity contribution < 1.29 is 9.47 Å². The van der Waals surface area contributed by atoms with Gasteiger partial charge in [0.2, 0.25) is 0 Å². The van der Waals surface area contributed by atoms with E-state index < -0.39 is 0 Å². The number of hydrogen-bond acceptors (Lipinski definition) is 2. The third-order valence-electron chi connectivity index (χ3n) is 4.35. The molecule has 0 aliphatic carbocycles. The molecule has 0 amide bonds. The minimum Gasteiger partial charge on any atom is -0.490 e. The molecule has 4 rings (SSSR count). The first-order valence-electron chi connectivity index (χ1n) is 8.18. The maximum absolute atomic E-state index is 5.63. The second-order valence-electron chi connectivity index (χ2n) is 6.04. The summed E-state index contributed by atoms with van der Waals surface area (Å²) in [6, 6.07) is 16.8. The predicted octanol–water partition coefficient (Wildman–Crippen LogP) is 4.72. The Morgan fingerprint density at radius 1 is 0.864 bits per heavy atom. The van der Waals surface area contributed by atoms with Gasteiger partial charge in [-0.2, -0.15) is 0 Å². The van der Waals surface area contributed by atoms with Crippen molar-refractivity contribution in [1.82, 2.24) is 0 Å². The molecule has 2 aromatic carbocycles. The molecule has 2 aliphatic rings. The highest BCUT2D eigenvalue weighted by atomic mass is 16.5. The Balaban J connectivity index is 0.000000131. The minimum atomic E-state index is 0.292. The maximum Gasteiger partial charge on any atom is 0.122 e. The van der Waals surface area contributed by atoms with Crippen LogP contribution in [-0.2, 0) is 17.6 Å². The molecule has 2 nitrogen and oxygen atoms in total. The third kappa shape index (κ3) is 3.50. The molecule has 0 radical (unpaired) electrons. The van der Waals surface area contributed by atoms with Crippen LogP contribution in [0.3, 0.4) is 0 Å². The van der Waals surface area contributed by atoms with Crippen LogP contribution < -0.4 is 4.74 Å². The first kappa shape index (κ1) is 15.1. The normalized spacial score (nSPS) is 22.5. The fraction of sp³-hybridized carbons (Fsp3) is 0.400. The van der Waals surface area contributed by atoms with Gasteiger partial charge in [-0.1, -0.05) is 42.5 Å². The van der Waals surface area contributed by atoms with Crippen LogP contribution in [0.2, 0.25) is 0 Å². The molecule has 0 N–H and O–H groups in total. The number of ether oxygens (including phenoxy) is 2. The van der Waals surface area contributed by atoms with Crippen molar-refractivity contribution in [1.29, 1.82) is 0 Å². The quantitative estimate of drug-likeness (QED) is 0.700. The summed E-state index contributed by atoms with van der Waals surface area (Å²) >= 11 is 0. The van der Waals surface area contributed by atoms with E-state index in [4.69, 9.17) is 9.47 Å². The van der Waals surface area contributed by atoms with Crippen LogP contribution in [0, 0.1) is 0 Å². The summed E-state index contributed by atoms with van der Waals surface area (Å²) in [4.78, 5) is 0. The van der Waals surface area contributed by atoms with Gasteiger partial charge in [-0.3, -0.25) is 0 Å². The minimum absolute atomic E-state index is 0.292. The lowest BCUT2D eigenvalue weighted by Crippen LogP contribution is -2.18. The third-order valence-corrected chi connectivity index (χ3v) is 4.35. The molecule has 0 bridgehead atoms. The Morgan fingerprint density at radius 2 is 1.59 bits per heavy atom. The molecular weight excluding hydrogens is 272 g/mol. The monoisotopic (exact) mass is 296 g/mol. The first-order chi connectivity index (χ1) is 10.7. The summed E-state index contributed by atoms with van der Waals surface area (Å²) in [6.07, 6.45) is 4.07. The van der Waals surface area contributed by atoms with Crippen LogP contribution >= 0.6 is 0 Å². The van der Waals surface area contributed by atoms with E-state index in [1.165, 1.54) is 16.7 Å². The van der Waals surface area contributed by atoms with E-state index in [1.54, 1.807) is 0 Å². The van der Waals surface area contributed by atoms with Crippen molar-refractivity contribution in [2.45, 2.75) is 45.3 Å². The number of fused-ring (bicyclic) bond motifs is 2. The van der Waals surface area contributed by atoms with Crippen molar-refractivity contribution in [3.05, 3.63) is 65.2 Å². The van der Waals surface area contributed by atoms with E-state index in [0.717, 1.165) is 31.6 Å². The van der Waals surface area contributed by atoms with Crippen molar-refractivity contribution in [3.8, 4) is 5.75 Å². The van der Waals surface area contributed by atoms with Crippen LogP contribution in [0.1, 0.15) is 43.1 Å². The summed E-state index contributed by atoms with van der Waals surface area (Å²) in [7, 11) is 0. The fourth-order valence-corrected chi connectivity index (χ4v) is 3.05.